The van der Waals surface area contributed by atoms with E-state index in [0.717, 1.165) is 5.56 Å². The lowest BCUT2D eigenvalue weighted by Crippen LogP contribution is -2.35. The molecule has 1 aliphatic heterocycles. The van der Waals surface area contributed by atoms with Gasteiger partial charge in [0.25, 0.3) is 5.91 Å². The van der Waals surface area contributed by atoms with E-state index in [1.165, 1.54) is 13.1 Å². The number of benzene rings is 1. The van der Waals surface area contributed by atoms with Gasteiger partial charge in [0.2, 0.25) is 6.79 Å². The van der Waals surface area contributed by atoms with Crippen LogP contribution in [0.25, 0.3) is 0 Å². The maximum absolute atomic E-state index is 12.2. The first-order valence-corrected chi connectivity index (χ1v) is 8.87. The number of nitrogens with zero attached hydrogens (tertiary/aromatic N) is 1. The number of esters is 1. The molecule has 10 heteroatoms. The van der Waals surface area contributed by atoms with Crippen LogP contribution in [0, 0.1) is 0 Å². The summed E-state index contributed by atoms with van der Waals surface area (Å²) >= 11 is 17.6. The molecule has 1 aromatic carbocycles. The van der Waals surface area contributed by atoms with Gasteiger partial charge in [-0.15, -0.1) is 0 Å². The topological polar surface area (TPSA) is 86.8 Å². The predicted octanol–water partition coefficient (Wildman–Crippen LogP) is 3.63. The molecule has 0 aliphatic carbocycles. The molecule has 2 heterocycles. The molecule has 3 rings (SSSR count). The minimum Gasteiger partial charge on any atom is -0.454 e. The maximum atomic E-state index is 12.2. The number of hydrogen-bond acceptors (Lipinski definition) is 6. The van der Waals surface area contributed by atoms with Crippen molar-refractivity contribution < 1.29 is 23.8 Å². The average molecular weight is 432 g/mol. The minimum atomic E-state index is -1.07. The van der Waals surface area contributed by atoms with Crippen LogP contribution in [0.4, 0.5) is 0 Å². The van der Waals surface area contributed by atoms with Crippen molar-refractivity contribution in [1.29, 1.82) is 0 Å². The van der Waals surface area contributed by atoms with Crippen LogP contribution in [0.5, 0.6) is 11.5 Å². The molecule has 1 aliphatic rings. The molecular weight excluding hydrogens is 419 g/mol. The van der Waals surface area contributed by atoms with Gasteiger partial charge in [-0.1, -0.05) is 40.9 Å². The fraction of sp³-hybridized carbons (Fsp3) is 0.235. The largest absolute Gasteiger partial charge is 0.454 e. The van der Waals surface area contributed by atoms with Gasteiger partial charge >= 0.3 is 5.97 Å². The van der Waals surface area contributed by atoms with Crippen LogP contribution in [0.1, 0.15) is 23.0 Å². The Morgan fingerprint density at radius 1 is 1.22 bits per heavy atom. The second kappa shape index (κ2) is 8.21. The van der Waals surface area contributed by atoms with E-state index in [1.54, 1.807) is 18.2 Å². The summed E-state index contributed by atoms with van der Waals surface area (Å²) in [6.07, 6.45) is 0.107. The quantitative estimate of drug-likeness (QED) is 0.728. The van der Waals surface area contributed by atoms with Crippen molar-refractivity contribution >= 4 is 46.7 Å². The summed E-state index contributed by atoms with van der Waals surface area (Å²) in [5.41, 5.74) is 0.585. The lowest BCUT2D eigenvalue weighted by molar-refractivity contribution is -0.129. The molecular formula is C17H13Cl3N2O5. The zero-order chi connectivity index (χ0) is 19.6. The van der Waals surface area contributed by atoms with Crippen molar-refractivity contribution in [2.75, 3.05) is 6.79 Å². The van der Waals surface area contributed by atoms with Crippen molar-refractivity contribution in [2.45, 2.75) is 19.6 Å². The van der Waals surface area contributed by atoms with Crippen molar-refractivity contribution in [2.24, 2.45) is 0 Å². The number of halogens is 3. The lowest BCUT2D eigenvalue weighted by atomic mass is 10.2. The Hall–Kier alpha value is -2.22. The Labute approximate surface area is 169 Å². The summed E-state index contributed by atoms with van der Waals surface area (Å²) < 4.78 is 15.6. The third-order valence-electron chi connectivity index (χ3n) is 3.67. The number of hydrogen-bond donors (Lipinski definition) is 1. The Bertz CT molecular complexity index is 906. The molecule has 0 saturated heterocycles. The van der Waals surface area contributed by atoms with E-state index in [0.29, 0.717) is 11.5 Å². The van der Waals surface area contributed by atoms with Gasteiger partial charge in [-0.2, -0.15) is 0 Å². The second-order valence-electron chi connectivity index (χ2n) is 5.54. The van der Waals surface area contributed by atoms with E-state index in [9.17, 15) is 9.59 Å². The van der Waals surface area contributed by atoms with Crippen molar-refractivity contribution in [3.8, 4) is 11.5 Å². The van der Waals surface area contributed by atoms with Gasteiger partial charge in [-0.05, 0) is 24.6 Å². The molecule has 1 amide bonds. The number of rotatable bonds is 5. The second-order valence-corrected chi connectivity index (χ2v) is 6.70. The van der Waals surface area contributed by atoms with Gasteiger partial charge in [0.1, 0.15) is 0 Å². The molecule has 0 saturated carbocycles. The summed E-state index contributed by atoms with van der Waals surface area (Å²) in [6, 6.07) is 5.31. The summed E-state index contributed by atoms with van der Waals surface area (Å²) in [5, 5.41) is 2.62. The maximum Gasteiger partial charge on any atom is 0.359 e. The lowest BCUT2D eigenvalue weighted by Gasteiger charge is -2.14. The first kappa shape index (κ1) is 19.5. The smallest absolute Gasteiger partial charge is 0.359 e. The molecule has 7 nitrogen and oxygen atoms in total. The number of carbonyl (C=O) groups excluding carboxylic acids is 2. The van der Waals surface area contributed by atoms with Gasteiger partial charge < -0.3 is 19.5 Å². The highest BCUT2D eigenvalue weighted by Gasteiger charge is 2.23. The third kappa shape index (κ3) is 4.37. The first-order chi connectivity index (χ1) is 12.9. The first-order valence-electron chi connectivity index (χ1n) is 7.73. The summed E-state index contributed by atoms with van der Waals surface area (Å²) in [5.74, 6) is -0.110. The van der Waals surface area contributed by atoms with Crippen LogP contribution in [-0.4, -0.2) is 29.8 Å². The van der Waals surface area contributed by atoms with Crippen molar-refractivity contribution in [3.05, 3.63) is 50.7 Å². The molecule has 0 spiro atoms. The highest BCUT2D eigenvalue weighted by Crippen LogP contribution is 2.33. The third-order valence-corrected chi connectivity index (χ3v) is 4.91. The number of amides is 1. The van der Waals surface area contributed by atoms with Gasteiger partial charge in [0.05, 0.1) is 15.1 Å². The van der Waals surface area contributed by atoms with Gasteiger partial charge in [-0.3, -0.25) is 4.79 Å². The Kier molecular flexibility index (Phi) is 5.94. The molecule has 2 aromatic rings. The standard InChI is InChI=1S/C17H13Cl3N2O5/c1-8(27-17(24)15-14(20)13(19)10(18)6-21-15)16(23)22-5-9-2-3-11-12(4-9)26-7-25-11/h2-4,6,8H,5,7H2,1H3,(H,22,23). The molecule has 0 radical (unpaired) electrons. The van der Waals surface area contributed by atoms with Gasteiger partial charge in [0.15, 0.2) is 23.3 Å². The number of fused-ring (bicyclic) bond motifs is 1. The fourth-order valence-corrected chi connectivity index (χ4v) is 2.80. The van der Waals surface area contributed by atoms with Gasteiger partial charge in [-0.25, -0.2) is 9.78 Å². The molecule has 1 N–H and O–H groups in total. The normalized spacial score (nSPS) is 13.2. The summed E-state index contributed by atoms with van der Waals surface area (Å²) in [4.78, 5) is 28.1. The van der Waals surface area contributed by atoms with Gasteiger partial charge in [0, 0.05) is 12.7 Å². The van der Waals surface area contributed by atoms with Crippen molar-refractivity contribution in [1.82, 2.24) is 10.3 Å². The summed E-state index contributed by atoms with van der Waals surface area (Å²) in [6.45, 7) is 1.82. The number of aromatic nitrogens is 1. The average Bonchev–Trinajstić information content (AvgIpc) is 3.11. The fourth-order valence-electron chi connectivity index (χ4n) is 2.24. The molecule has 27 heavy (non-hydrogen) atoms. The zero-order valence-electron chi connectivity index (χ0n) is 13.9. The Balaban J connectivity index is 1.57. The molecule has 1 aromatic heterocycles. The molecule has 1 unspecified atom stereocenters. The number of pyridine rings is 1. The van der Waals surface area contributed by atoms with Crippen LogP contribution in [0.15, 0.2) is 24.4 Å². The highest BCUT2D eigenvalue weighted by molar-refractivity contribution is 6.48. The van der Waals surface area contributed by atoms with Crippen LogP contribution < -0.4 is 14.8 Å². The molecule has 0 bridgehead atoms. The highest BCUT2D eigenvalue weighted by atomic mass is 35.5. The Morgan fingerprint density at radius 3 is 2.74 bits per heavy atom. The minimum absolute atomic E-state index is 0.0137. The number of ether oxygens (including phenoxy) is 3. The van der Waals surface area contributed by atoms with E-state index in [2.05, 4.69) is 10.3 Å². The number of nitrogens with one attached hydrogen (secondary N) is 1. The SMILES string of the molecule is CC(OC(=O)c1ncc(Cl)c(Cl)c1Cl)C(=O)NCc1ccc2c(c1)OCO2. The van der Waals surface area contributed by atoms with E-state index in [1.807, 2.05) is 0 Å². The summed E-state index contributed by atoms with van der Waals surface area (Å²) in [7, 11) is 0. The zero-order valence-corrected chi connectivity index (χ0v) is 16.2. The van der Waals surface area contributed by atoms with E-state index in [4.69, 9.17) is 49.0 Å². The van der Waals surface area contributed by atoms with E-state index < -0.39 is 18.0 Å². The predicted molar refractivity (Wildman–Crippen MR) is 98.6 cm³/mol. The van der Waals surface area contributed by atoms with E-state index >= 15 is 0 Å². The van der Waals surface area contributed by atoms with Crippen LogP contribution in [-0.2, 0) is 16.1 Å². The molecule has 0 fully saturated rings. The van der Waals surface area contributed by atoms with Crippen LogP contribution in [0.2, 0.25) is 15.1 Å². The molecule has 1 atom stereocenters. The van der Waals surface area contributed by atoms with E-state index in [-0.39, 0.29) is 34.1 Å². The van der Waals surface area contributed by atoms with Crippen molar-refractivity contribution in [3.63, 3.8) is 0 Å². The molecule has 142 valence electrons. The number of carbonyl (C=O) groups is 2. The Morgan fingerprint density at radius 2 is 1.96 bits per heavy atom. The van der Waals surface area contributed by atoms with Crippen LogP contribution >= 0.6 is 34.8 Å². The van der Waals surface area contributed by atoms with Crippen LogP contribution in [0.3, 0.4) is 0 Å². The monoisotopic (exact) mass is 430 g/mol.